The zero-order chi connectivity index (χ0) is 11.3. The minimum Gasteiger partial charge on any atom is -0.299 e. The number of hydrogen-bond acceptors (Lipinski definition) is 1. The van der Waals surface area contributed by atoms with Gasteiger partial charge in [-0.25, -0.2) is 0 Å². The lowest BCUT2D eigenvalue weighted by atomic mass is 9.50. The van der Waals surface area contributed by atoms with E-state index < -0.39 is 0 Å². The second-order valence-corrected chi connectivity index (χ2v) is 6.92. The SMILES string of the molecule is CC1(C)CCC(C)(C)C2C(=O)CCCC21. The summed E-state index contributed by atoms with van der Waals surface area (Å²) in [5.74, 6) is 1.53. The third-order valence-electron chi connectivity index (χ3n) is 4.95. The topological polar surface area (TPSA) is 17.1 Å². The first kappa shape index (κ1) is 11.2. The molecule has 2 saturated carbocycles. The average molecular weight is 208 g/mol. The van der Waals surface area contributed by atoms with Gasteiger partial charge in [0.25, 0.3) is 0 Å². The summed E-state index contributed by atoms with van der Waals surface area (Å²) >= 11 is 0. The van der Waals surface area contributed by atoms with Gasteiger partial charge in [0.2, 0.25) is 0 Å². The van der Waals surface area contributed by atoms with Crippen molar-refractivity contribution in [2.24, 2.45) is 22.7 Å². The Morgan fingerprint density at radius 1 is 1.07 bits per heavy atom. The van der Waals surface area contributed by atoms with E-state index in [1.54, 1.807) is 0 Å². The molecule has 15 heavy (non-hydrogen) atoms. The fourth-order valence-corrected chi connectivity index (χ4v) is 3.85. The predicted octanol–water partition coefficient (Wildman–Crippen LogP) is 3.82. The molecule has 0 aromatic rings. The van der Waals surface area contributed by atoms with Gasteiger partial charge in [-0.05, 0) is 42.4 Å². The predicted molar refractivity (Wildman–Crippen MR) is 62.6 cm³/mol. The summed E-state index contributed by atoms with van der Waals surface area (Å²) in [6.07, 6.45) is 5.73. The molecular formula is C14H24O. The van der Waals surface area contributed by atoms with E-state index in [0.717, 1.165) is 12.8 Å². The van der Waals surface area contributed by atoms with Crippen molar-refractivity contribution in [3.8, 4) is 0 Å². The van der Waals surface area contributed by atoms with Crippen LogP contribution in [0.3, 0.4) is 0 Å². The van der Waals surface area contributed by atoms with E-state index in [-0.39, 0.29) is 5.41 Å². The Labute approximate surface area is 93.6 Å². The Bertz CT molecular complexity index is 275. The molecule has 0 heterocycles. The summed E-state index contributed by atoms with van der Waals surface area (Å²) in [6, 6.07) is 0. The summed E-state index contributed by atoms with van der Waals surface area (Å²) in [4.78, 5) is 12.1. The largest absolute Gasteiger partial charge is 0.299 e. The molecular weight excluding hydrogens is 184 g/mol. The zero-order valence-corrected chi connectivity index (χ0v) is 10.6. The highest BCUT2D eigenvalue weighted by Gasteiger charge is 2.51. The third-order valence-corrected chi connectivity index (χ3v) is 4.95. The van der Waals surface area contributed by atoms with Crippen LogP contribution < -0.4 is 0 Å². The summed E-state index contributed by atoms with van der Waals surface area (Å²) in [5, 5.41) is 0. The molecule has 0 spiro atoms. The summed E-state index contributed by atoms with van der Waals surface area (Å²) < 4.78 is 0. The van der Waals surface area contributed by atoms with Crippen LogP contribution in [0.25, 0.3) is 0 Å². The molecule has 1 heteroatoms. The lowest BCUT2D eigenvalue weighted by molar-refractivity contribution is -0.141. The Kier molecular flexibility index (Phi) is 2.48. The van der Waals surface area contributed by atoms with E-state index in [4.69, 9.17) is 0 Å². The van der Waals surface area contributed by atoms with Crippen LogP contribution in [0.15, 0.2) is 0 Å². The van der Waals surface area contributed by atoms with Crippen molar-refractivity contribution < 1.29 is 4.79 Å². The summed E-state index contributed by atoms with van der Waals surface area (Å²) in [6.45, 7) is 9.31. The maximum Gasteiger partial charge on any atom is 0.136 e. The van der Waals surface area contributed by atoms with Crippen LogP contribution in [-0.4, -0.2) is 5.78 Å². The molecule has 1 nitrogen and oxygen atoms in total. The average Bonchev–Trinajstić information content (AvgIpc) is 2.13. The van der Waals surface area contributed by atoms with Gasteiger partial charge in [-0.3, -0.25) is 4.79 Å². The molecule has 0 radical (unpaired) electrons. The molecule has 0 bridgehead atoms. The highest BCUT2D eigenvalue weighted by Crippen LogP contribution is 2.56. The molecule has 0 amide bonds. The molecule has 2 aliphatic rings. The molecule has 0 aromatic carbocycles. The second kappa shape index (κ2) is 3.33. The van der Waals surface area contributed by atoms with Crippen molar-refractivity contribution in [3.05, 3.63) is 0 Å². The first-order valence-corrected chi connectivity index (χ1v) is 6.37. The second-order valence-electron chi connectivity index (χ2n) is 6.92. The summed E-state index contributed by atoms with van der Waals surface area (Å²) in [7, 11) is 0. The monoisotopic (exact) mass is 208 g/mol. The van der Waals surface area contributed by atoms with Crippen LogP contribution in [0.5, 0.6) is 0 Å². The van der Waals surface area contributed by atoms with E-state index >= 15 is 0 Å². The van der Waals surface area contributed by atoms with Gasteiger partial charge in [0.05, 0.1) is 0 Å². The minimum atomic E-state index is 0.248. The number of hydrogen-bond donors (Lipinski definition) is 0. The number of rotatable bonds is 0. The van der Waals surface area contributed by atoms with Crippen molar-refractivity contribution in [1.82, 2.24) is 0 Å². The Balaban J connectivity index is 2.33. The molecule has 0 N–H and O–H groups in total. The fourth-order valence-electron chi connectivity index (χ4n) is 3.85. The van der Waals surface area contributed by atoms with E-state index in [9.17, 15) is 4.79 Å². The van der Waals surface area contributed by atoms with Crippen LogP contribution in [0.2, 0.25) is 0 Å². The van der Waals surface area contributed by atoms with Gasteiger partial charge in [-0.15, -0.1) is 0 Å². The summed E-state index contributed by atoms with van der Waals surface area (Å²) in [5.41, 5.74) is 0.633. The zero-order valence-electron chi connectivity index (χ0n) is 10.6. The van der Waals surface area contributed by atoms with E-state index in [2.05, 4.69) is 27.7 Å². The Morgan fingerprint density at radius 2 is 1.67 bits per heavy atom. The van der Waals surface area contributed by atoms with Gasteiger partial charge in [0, 0.05) is 12.3 Å². The molecule has 2 atom stereocenters. The standard InChI is InChI=1S/C14H24O/c1-13(2)8-9-14(3,4)12-10(13)6-5-7-11(12)15/h10,12H,5-9H2,1-4H3. The van der Waals surface area contributed by atoms with Gasteiger partial charge in [0.15, 0.2) is 0 Å². The van der Waals surface area contributed by atoms with Gasteiger partial charge >= 0.3 is 0 Å². The van der Waals surface area contributed by atoms with E-state index in [1.165, 1.54) is 19.3 Å². The van der Waals surface area contributed by atoms with Gasteiger partial charge in [0.1, 0.15) is 5.78 Å². The maximum atomic E-state index is 12.1. The number of fused-ring (bicyclic) bond motifs is 1. The van der Waals surface area contributed by atoms with Crippen LogP contribution in [-0.2, 0) is 4.79 Å². The number of Topliss-reactive ketones (excluding diaryl/α,β-unsaturated/α-hetero) is 1. The maximum absolute atomic E-state index is 12.1. The molecule has 0 saturated heterocycles. The van der Waals surface area contributed by atoms with E-state index in [0.29, 0.717) is 23.0 Å². The van der Waals surface area contributed by atoms with Crippen LogP contribution in [0, 0.1) is 22.7 Å². The molecule has 0 aromatic heterocycles. The van der Waals surface area contributed by atoms with Crippen molar-refractivity contribution in [2.75, 3.05) is 0 Å². The van der Waals surface area contributed by atoms with Crippen molar-refractivity contribution in [3.63, 3.8) is 0 Å². The van der Waals surface area contributed by atoms with Crippen LogP contribution in [0.1, 0.15) is 59.8 Å². The highest BCUT2D eigenvalue weighted by molar-refractivity contribution is 5.83. The lowest BCUT2D eigenvalue weighted by Crippen LogP contribution is -2.49. The van der Waals surface area contributed by atoms with Gasteiger partial charge < -0.3 is 0 Å². The Morgan fingerprint density at radius 3 is 2.27 bits per heavy atom. The van der Waals surface area contributed by atoms with E-state index in [1.807, 2.05) is 0 Å². The Hall–Kier alpha value is -0.330. The highest BCUT2D eigenvalue weighted by atomic mass is 16.1. The van der Waals surface area contributed by atoms with Crippen molar-refractivity contribution in [2.45, 2.75) is 59.8 Å². The van der Waals surface area contributed by atoms with Crippen molar-refractivity contribution >= 4 is 5.78 Å². The normalized spacial score (nSPS) is 38.5. The molecule has 2 unspecified atom stereocenters. The lowest BCUT2D eigenvalue weighted by Gasteiger charge is -2.53. The first-order chi connectivity index (χ1) is 6.84. The van der Waals surface area contributed by atoms with Crippen molar-refractivity contribution in [1.29, 1.82) is 0 Å². The third kappa shape index (κ3) is 1.74. The van der Waals surface area contributed by atoms with Crippen LogP contribution >= 0.6 is 0 Å². The van der Waals surface area contributed by atoms with Gasteiger partial charge in [-0.2, -0.15) is 0 Å². The molecule has 2 aliphatic carbocycles. The number of ketones is 1. The van der Waals surface area contributed by atoms with Crippen LogP contribution in [0.4, 0.5) is 0 Å². The molecule has 2 rings (SSSR count). The first-order valence-electron chi connectivity index (χ1n) is 6.37. The molecule has 2 fully saturated rings. The number of carbonyl (C=O) groups excluding carboxylic acids is 1. The minimum absolute atomic E-state index is 0.248. The fraction of sp³-hybridized carbons (Fsp3) is 0.929. The molecule has 86 valence electrons. The van der Waals surface area contributed by atoms with Gasteiger partial charge in [-0.1, -0.05) is 27.7 Å². The quantitative estimate of drug-likeness (QED) is 0.591. The molecule has 0 aliphatic heterocycles. The number of carbonyl (C=O) groups is 1. The smallest absolute Gasteiger partial charge is 0.136 e.